The molecule has 2 nitrogen and oxygen atoms in total. The van der Waals surface area contributed by atoms with Crippen molar-refractivity contribution >= 4 is 32.6 Å². The fourth-order valence-corrected chi connectivity index (χ4v) is 5.05. The van der Waals surface area contributed by atoms with Crippen LogP contribution in [0.1, 0.15) is 6.85 Å². The average molecular weight is 452 g/mol. The SMILES string of the molecule is [2H]c1c([2H])c([2H])c(-c2c3ccccc3c(-c3nc4ccccc4n3-c3ccccc3)c3ccccc23)c([2H])c1[2H]. The lowest BCUT2D eigenvalue weighted by Gasteiger charge is -2.18. The Hall–Kier alpha value is -4.69. The number of aromatic nitrogens is 2. The topological polar surface area (TPSA) is 17.8 Å². The Morgan fingerprint density at radius 2 is 1.09 bits per heavy atom. The van der Waals surface area contributed by atoms with Gasteiger partial charge in [-0.05, 0) is 56.9 Å². The maximum absolute atomic E-state index is 8.77. The van der Waals surface area contributed by atoms with Crippen LogP contribution in [0.2, 0.25) is 0 Å². The van der Waals surface area contributed by atoms with Crippen LogP contribution in [-0.4, -0.2) is 9.55 Å². The highest BCUT2D eigenvalue weighted by atomic mass is 15.1. The quantitative estimate of drug-likeness (QED) is 0.246. The summed E-state index contributed by atoms with van der Waals surface area (Å²) >= 11 is 0. The molecule has 7 aromatic rings. The summed E-state index contributed by atoms with van der Waals surface area (Å²) in [7, 11) is 0. The van der Waals surface area contributed by atoms with Crippen LogP contribution in [0.15, 0.2) is 133 Å². The molecule has 6 aromatic carbocycles. The van der Waals surface area contributed by atoms with Crippen LogP contribution in [-0.2, 0) is 0 Å². The van der Waals surface area contributed by atoms with E-state index in [0.29, 0.717) is 5.56 Å². The lowest BCUT2D eigenvalue weighted by atomic mass is 9.88. The molecule has 0 spiro atoms. The molecule has 0 saturated heterocycles. The number of para-hydroxylation sites is 3. The Morgan fingerprint density at radius 1 is 0.543 bits per heavy atom. The minimum absolute atomic E-state index is 0.196. The highest BCUT2D eigenvalue weighted by Crippen LogP contribution is 2.44. The molecule has 0 bridgehead atoms. The van der Waals surface area contributed by atoms with Gasteiger partial charge in [0.25, 0.3) is 0 Å². The van der Waals surface area contributed by atoms with Gasteiger partial charge in [0.05, 0.1) is 17.9 Å². The van der Waals surface area contributed by atoms with E-state index in [2.05, 4.69) is 22.8 Å². The highest BCUT2D eigenvalue weighted by molar-refractivity contribution is 6.21. The number of rotatable bonds is 3. The third-order valence-corrected chi connectivity index (χ3v) is 6.48. The summed E-state index contributed by atoms with van der Waals surface area (Å²) in [6.07, 6.45) is 0. The first-order valence-electron chi connectivity index (χ1n) is 14.0. The first-order chi connectivity index (χ1) is 19.5. The molecule has 1 aromatic heterocycles. The summed E-state index contributed by atoms with van der Waals surface area (Å²) in [4.78, 5) is 5.14. The zero-order chi connectivity index (χ0) is 27.5. The molecule has 35 heavy (non-hydrogen) atoms. The second kappa shape index (κ2) is 7.96. The van der Waals surface area contributed by atoms with Crippen molar-refractivity contribution in [2.24, 2.45) is 0 Å². The summed E-state index contributed by atoms with van der Waals surface area (Å²) in [5, 5.41) is 3.36. The van der Waals surface area contributed by atoms with Crippen molar-refractivity contribution in [2.45, 2.75) is 0 Å². The molecule has 0 aliphatic carbocycles. The number of hydrogen-bond donors (Lipinski definition) is 0. The van der Waals surface area contributed by atoms with Gasteiger partial charge in [-0.1, -0.05) is 109 Å². The van der Waals surface area contributed by atoms with E-state index in [-0.39, 0.29) is 29.7 Å². The summed E-state index contributed by atoms with van der Waals surface area (Å²) in [6, 6.07) is 32.3. The number of benzene rings is 6. The molecule has 0 amide bonds. The van der Waals surface area contributed by atoms with Gasteiger partial charge in [0.1, 0.15) is 5.82 Å². The van der Waals surface area contributed by atoms with E-state index in [1.807, 2.05) is 84.9 Å². The number of hydrogen-bond acceptors (Lipinski definition) is 1. The summed E-state index contributed by atoms with van der Waals surface area (Å²) in [5.74, 6) is 0.771. The molecule has 0 aliphatic heterocycles. The summed E-state index contributed by atoms with van der Waals surface area (Å²) < 4.78 is 44.5. The zero-order valence-corrected chi connectivity index (χ0v) is 18.7. The Morgan fingerprint density at radius 3 is 1.74 bits per heavy atom. The summed E-state index contributed by atoms with van der Waals surface area (Å²) in [6.45, 7) is 0. The van der Waals surface area contributed by atoms with Crippen molar-refractivity contribution in [1.29, 1.82) is 0 Å². The molecule has 0 atom stereocenters. The van der Waals surface area contributed by atoms with E-state index in [0.717, 1.165) is 49.7 Å². The molecule has 0 saturated carbocycles. The molecule has 1 heterocycles. The van der Waals surface area contributed by atoms with Crippen LogP contribution in [0.3, 0.4) is 0 Å². The van der Waals surface area contributed by atoms with Gasteiger partial charge in [-0.15, -0.1) is 0 Å². The molecule has 0 N–H and O–H groups in total. The number of fused-ring (bicyclic) bond motifs is 3. The molecule has 0 unspecified atom stereocenters. The van der Waals surface area contributed by atoms with Crippen molar-refractivity contribution in [3.63, 3.8) is 0 Å². The largest absolute Gasteiger partial charge is 0.292 e. The van der Waals surface area contributed by atoms with E-state index in [9.17, 15) is 0 Å². The Bertz CT molecular complexity index is 2030. The zero-order valence-electron chi connectivity index (χ0n) is 23.7. The van der Waals surface area contributed by atoms with Crippen LogP contribution in [0.25, 0.3) is 60.8 Å². The van der Waals surface area contributed by atoms with E-state index in [1.54, 1.807) is 0 Å². The van der Waals surface area contributed by atoms with Crippen molar-refractivity contribution in [2.75, 3.05) is 0 Å². The van der Waals surface area contributed by atoms with E-state index < -0.39 is 6.04 Å². The number of imidazole rings is 1. The van der Waals surface area contributed by atoms with Crippen LogP contribution < -0.4 is 0 Å². The average Bonchev–Trinajstić information content (AvgIpc) is 3.38. The van der Waals surface area contributed by atoms with Crippen molar-refractivity contribution in [3.05, 3.63) is 133 Å². The van der Waals surface area contributed by atoms with Gasteiger partial charge in [-0.3, -0.25) is 4.57 Å². The van der Waals surface area contributed by atoms with Crippen LogP contribution in [0.4, 0.5) is 0 Å². The molecule has 2 heteroatoms. The summed E-state index contributed by atoms with van der Waals surface area (Å²) in [5.41, 5.74) is 4.56. The normalized spacial score (nSPS) is 13.4. The second-order valence-electron chi connectivity index (χ2n) is 8.44. The van der Waals surface area contributed by atoms with Crippen LogP contribution in [0.5, 0.6) is 0 Å². The Labute approximate surface area is 210 Å². The van der Waals surface area contributed by atoms with Gasteiger partial charge in [0, 0.05) is 11.3 Å². The third-order valence-electron chi connectivity index (χ3n) is 6.48. The van der Waals surface area contributed by atoms with Crippen molar-refractivity contribution in [1.82, 2.24) is 9.55 Å². The van der Waals surface area contributed by atoms with Gasteiger partial charge in [0.15, 0.2) is 0 Å². The van der Waals surface area contributed by atoms with Gasteiger partial charge >= 0.3 is 0 Å². The maximum atomic E-state index is 8.77. The van der Waals surface area contributed by atoms with E-state index in [1.165, 1.54) is 0 Å². The van der Waals surface area contributed by atoms with Crippen molar-refractivity contribution < 1.29 is 6.85 Å². The lowest BCUT2D eigenvalue weighted by molar-refractivity contribution is 1.11. The standard InChI is InChI=1S/C33H22N2/c1-3-13-23(14-4-1)31-25-17-7-9-19-27(25)32(28-20-10-8-18-26(28)31)33-34-29-21-11-12-22-30(29)35(33)24-15-5-2-6-16-24/h1-22H/i1D,3D,4D,13D,14D. The maximum Gasteiger partial charge on any atom is 0.146 e. The minimum Gasteiger partial charge on any atom is -0.292 e. The molecular formula is C33H22N2. The molecule has 0 fully saturated rings. The fourth-order valence-electron chi connectivity index (χ4n) is 5.05. The first kappa shape index (κ1) is 15.3. The Kier molecular flexibility index (Phi) is 3.47. The second-order valence-corrected chi connectivity index (χ2v) is 8.44. The molecular weight excluding hydrogens is 424 g/mol. The molecule has 0 aliphatic rings. The van der Waals surface area contributed by atoms with Gasteiger partial charge in [-0.25, -0.2) is 4.98 Å². The van der Waals surface area contributed by atoms with Crippen LogP contribution >= 0.6 is 0 Å². The van der Waals surface area contributed by atoms with Gasteiger partial charge in [-0.2, -0.15) is 0 Å². The highest BCUT2D eigenvalue weighted by Gasteiger charge is 2.21. The Balaban J connectivity index is 1.69. The lowest BCUT2D eigenvalue weighted by Crippen LogP contribution is -1.99. The predicted molar refractivity (Wildman–Crippen MR) is 147 cm³/mol. The minimum atomic E-state index is -0.402. The third kappa shape index (κ3) is 3.08. The monoisotopic (exact) mass is 451 g/mol. The smallest absolute Gasteiger partial charge is 0.146 e. The fraction of sp³-hybridized carbons (Fsp3) is 0. The van der Waals surface area contributed by atoms with Crippen molar-refractivity contribution in [3.8, 4) is 28.2 Å². The molecule has 164 valence electrons. The first-order valence-corrected chi connectivity index (χ1v) is 11.5. The van der Waals surface area contributed by atoms with Gasteiger partial charge in [0.2, 0.25) is 0 Å². The predicted octanol–water partition coefficient (Wildman–Crippen LogP) is 8.67. The van der Waals surface area contributed by atoms with E-state index in [4.69, 9.17) is 11.8 Å². The van der Waals surface area contributed by atoms with Gasteiger partial charge < -0.3 is 0 Å². The number of nitrogens with zero attached hydrogens (tertiary/aromatic N) is 2. The van der Waals surface area contributed by atoms with Crippen LogP contribution in [0, 0.1) is 0 Å². The molecule has 7 rings (SSSR count). The molecule has 0 radical (unpaired) electrons. The van der Waals surface area contributed by atoms with E-state index >= 15 is 0 Å².